The molecule has 4 atom stereocenters. The van der Waals surface area contributed by atoms with E-state index in [-0.39, 0.29) is 17.1 Å². The SMILES string of the molecule is Nc1nc2c([nH]c[n+]2[C@@H]2O[C@H](CO[P+](O)(O)O[P+](O)(O)O)[C@@H](O)[C@H]2O)c(=O)[nH]1. The van der Waals surface area contributed by atoms with E-state index in [2.05, 4.69) is 23.8 Å². The molecule has 1 aliphatic rings. The number of aliphatic hydroxyl groups is 2. The molecule has 1 fully saturated rings. The number of hydrogen-bond donors (Lipinski definition) is 10. The lowest BCUT2D eigenvalue weighted by atomic mass is 10.1. The summed E-state index contributed by atoms with van der Waals surface area (Å²) in [6.45, 7) is -0.769. The summed E-state index contributed by atoms with van der Waals surface area (Å²) in [5, 5.41) is 20.4. The largest absolute Gasteiger partial charge is 0.620 e. The lowest BCUT2D eigenvalue weighted by Gasteiger charge is -2.13. The summed E-state index contributed by atoms with van der Waals surface area (Å²) in [7, 11) is -9.86. The van der Waals surface area contributed by atoms with Gasteiger partial charge in [-0.05, 0) is 0 Å². The van der Waals surface area contributed by atoms with Gasteiger partial charge in [0, 0.05) is 0 Å². The van der Waals surface area contributed by atoms with Crippen LogP contribution in [0.2, 0.25) is 0 Å². The lowest BCUT2D eigenvalue weighted by Crippen LogP contribution is -2.46. The molecule has 11 N–H and O–H groups in total. The van der Waals surface area contributed by atoms with Gasteiger partial charge in [0.15, 0.2) is 6.33 Å². The molecular formula is C10H18N5O11P2+3. The van der Waals surface area contributed by atoms with Crippen molar-refractivity contribution in [2.24, 2.45) is 0 Å². The van der Waals surface area contributed by atoms with E-state index < -0.39 is 53.0 Å². The Morgan fingerprint density at radius 1 is 1.25 bits per heavy atom. The first-order chi connectivity index (χ1) is 12.9. The van der Waals surface area contributed by atoms with Crippen LogP contribution in [0.15, 0.2) is 11.1 Å². The molecule has 18 heteroatoms. The van der Waals surface area contributed by atoms with Crippen molar-refractivity contribution in [3.05, 3.63) is 16.7 Å². The topological polar surface area (TPSA) is 261 Å². The first-order valence-electron chi connectivity index (χ1n) is 7.45. The molecule has 2 aromatic rings. The van der Waals surface area contributed by atoms with E-state index in [0.29, 0.717) is 0 Å². The highest BCUT2D eigenvalue weighted by atomic mass is 31.3. The molecule has 0 amide bonds. The van der Waals surface area contributed by atoms with Crippen molar-refractivity contribution in [3.8, 4) is 0 Å². The van der Waals surface area contributed by atoms with E-state index in [1.807, 2.05) is 0 Å². The molecule has 0 spiro atoms. The number of fused-ring (bicyclic) bond motifs is 1. The second-order valence-corrected chi connectivity index (χ2v) is 8.68. The fraction of sp³-hybridized carbons (Fsp3) is 0.500. The summed E-state index contributed by atoms with van der Waals surface area (Å²) in [6, 6.07) is 0. The smallest absolute Gasteiger partial charge is 0.387 e. The van der Waals surface area contributed by atoms with Gasteiger partial charge in [-0.2, -0.15) is 24.5 Å². The van der Waals surface area contributed by atoms with Crippen molar-refractivity contribution in [1.29, 1.82) is 0 Å². The number of nitrogens with one attached hydrogen (secondary N) is 2. The first kappa shape index (κ1) is 21.3. The van der Waals surface area contributed by atoms with Gasteiger partial charge in [-0.15, -0.1) is 4.52 Å². The van der Waals surface area contributed by atoms with Crippen LogP contribution in [0.1, 0.15) is 6.23 Å². The Morgan fingerprint density at radius 3 is 2.57 bits per heavy atom. The number of aliphatic hydroxyl groups excluding tert-OH is 2. The van der Waals surface area contributed by atoms with Gasteiger partial charge >= 0.3 is 22.0 Å². The summed E-state index contributed by atoms with van der Waals surface area (Å²) < 4.78 is 15.0. The van der Waals surface area contributed by atoms with Crippen molar-refractivity contribution < 1.29 is 52.8 Å². The van der Waals surface area contributed by atoms with Gasteiger partial charge in [-0.1, -0.05) is 4.98 Å². The Balaban J connectivity index is 1.77. The molecule has 0 bridgehead atoms. The number of nitrogens with zero attached hydrogens (tertiary/aromatic N) is 2. The maximum absolute atomic E-state index is 11.8. The molecule has 0 radical (unpaired) electrons. The Hall–Kier alpha value is -1.39. The number of H-pyrrole nitrogens is 2. The van der Waals surface area contributed by atoms with Crippen LogP contribution in [0, 0.1) is 0 Å². The number of nitrogens with two attached hydrogens (primary N) is 1. The fourth-order valence-corrected chi connectivity index (χ4v) is 4.29. The lowest BCUT2D eigenvalue weighted by molar-refractivity contribution is -0.745. The Morgan fingerprint density at radius 2 is 1.93 bits per heavy atom. The van der Waals surface area contributed by atoms with Crippen LogP contribution in [-0.4, -0.2) is 74.6 Å². The predicted octanol–water partition coefficient (Wildman–Crippen LogP) is -3.91. The van der Waals surface area contributed by atoms with Gasteiger partial charge in [-0.3, -0.25) is 14.8 Å². The average Bonchev–Trinajstić information content (AvgIpc) is 3.06. The highest BCUT2D eigenvalue weighted by molar-refractivity contribution is 7.67. The van der Waals surface area contributed by atoms with Crippen LogP contribution >= 0.6 is 16.3 Å². The van der Waals surface area contributed by atoms with Crippen LogP contribution in [0.3, 0.4) is 0 Å². The van der Waals surface area contributed by atoms with E-state index in [1.165, 1.54) is 10.9 Å². The number of rotatable bonds is 6. The summed E-state index contributed by atoms with van der Waals surface area (Å²) >= 11 is 0. The summed E-state index contributed by atoms with van der Waals surface area (Å²) in [4.78, 5) is 65.6. The van der Waals surface area contributed by atoms with E-state index in [9.17, 15) is 24.8 Å². The molecule has 0 saturated carbocycles. The number of nitrogen functional groups attached to an aromatic ring is 1. The van der Waals surface area contributed by atoms with Crippen molar-refractivity contribution in [2.45, 2.75) is 24.5 Å². The normalized spacial score (nSPS) is 26.2. The van der Waals surface area contributed by atoms with E-state index >= 15 is 0 Å². The van der Waals surface area contributed by atoms with E-state index in [4.69, 9.17) is 25.2 Å². The minimum atomic E-state index is -5.00. The Kier molecular flexibility index (Phi) is 5.68. The van der Waals surface area contributed by atoms with Gasteiger partial charge in [0.2, 0.25) is 11.7 Å². The van der Waals surface area contributed by atoms with Crippen LogP contribution in [-0.2, 0) is 13.6 Å². The van der Waals surface area contributed by atoms with Crippen LogP contribution in [0.5, 0.6) is 0 Å². The predicted molar refractivity (Wildman–Crippen MR) is 89.2 cm³/mol. The minimum Gasteiger partial charge on any atom is -0.387 e. The molecule has 0 unspecified atom stereocenters. The third-order valence-electron chi connectivity index (χ3n) is 3.75. The van der Waals surface area contributed by atoms with Gasteiger partial charge in [0.25, 0.3) is 11.5 Å². The molecule has 0 aromatic carbocycles. The van der Waals surface area contributed by atoms with E-state index in [0.717, 1.165) is 0 Å². The Bertz CT molecular complexity index is 913. The number of aromatic amines is 2. The van der Waals surface area contributed by atoms with Crippen molar-refractivity contribution in [2.75, 3.05) is 12.3 Å². The average molecular weight is 446 g/mol. The van der Waals surface area contributed by atoms with Gasteiger partial charge in [0.1, 0.15) is 24.9 Å². The molecule has 1 aliphatic heterocycles. The number of aromatic nitrogens is 4. The van der Waals surface area contributed by atoms with Gasteiger partial charge in [-0.25, -0.2) is 4.57 Å². The zero-order chi connectivity index (χ0) is 20.9. The van der Waals surface area contributed by atoms with Crippen LogP contribution < -0.4 is 15.9 Å². The maximum atomic E-state index is 11.8. The van der Waals surface area contributed by atoms with Crippen LogP contribution in [0.25, 0.3) is 11.2 Å². The zero-order valence-corrected chi connectivity index (χ0v) is 15.5. The molecule has 3 heterocycles. The van der Waals surface area contributed by atoms with Gasteiger partial charge < -0.3 is 20.7 Å². The summed E-state index contributed by atoms with van der Waals surface area (Å²) in [5.41, 5.74) is 4.96. The first-order valence-corrected chi connectivity index (χ1v) is 10.5. The van der Waals surface area contributed by atoms with E-state index in [1.54, 1.807) is 0 Å². The monoisotopic (exact) mass is 446 g/mol. The molecular weight excluding hydrogens is 428 g/mol. The quantitative estimate of drug-likeness (QED) is 0.150. The van der Waals surface area contributed by atoms with Crippen LogP contribution in [0.4, 0.5) is 5.95 Å². The standard InChI is InChI=1S/C10H16N5O11P2/c11-10-13-7-4(8(18)14-10)12-2-15(7)9-6(17)5(16)3(25-9)1-24-28(22,23)26-27(19,20)21/h2-3,5-6,9,16-17,19-23H,1H2,(H2-,11,13,14,18)/q+1/p+2/t3-,5-,6-,9-/m1/s1. The second-order valence-electron chi connectivity index (χ2n) is 5.76. The molecule has 2 aromatic heterocycles. The third-order valence-corrected chi connectivity index (χ3v) is 5.96. The molecule has 0 aliphatic carbocycles. The molecule has 28 heavy (non-hydrogen) atoms. The second kappa shape index (κ2) is 7.46. The van der Waals surface area contributed by atoms with Crippen molar-refractivity contribution in [1.82, 2.24) is 15.0 Å². The van der Waals surface area contributed by atoms with Crippen molar-refractivity contribution >= 4 is 33.5 Å². The molecule has 1 saturated heterocycles. The number of imidazole rings is 1. The molecule has 156 valence electrons. The van der Waals surface area contributed by atoms with Crippen molar-refractivity contribution in [3.63, 3.8) is 0 Å². The van der Waals surface area contributed by atoms with Gasteiger partial charge in [0.05, 0.1) is 4.31 Å². The zero-order valence-electron chi connectivity index (χ0n) is 13.7. The molecule has 3 rings (SSSR count). The summed E-state index contributed by atoms with van der Waals surface area (Å²) in [5.74, 6) is -0.199. The fourth-order valence-electron chi connectivity index (χ4n) is 2.62. The third kappa shape index (κ3) is 4.44. The number of ether oxygens (including phenoxy) is 1. The maximum Gasteiger partial charge on any atom is 0.620 e. The minimum absolute atomic E-state index is 0.0176. The highest BCUT2D eigenvalue weighted by Gasteiger charge is 2.59. The number of hydrogen-bond acceptors (Lipinski definition) is 13. The number of anilines is 1. The molecule has 16 nitrogen and oxygen atoms in total. The Labute approximate surface area is 155 Å². The highest BCUT2D eigenvalue weighted by Crippen LogP contribution is 2.67. The summed E-state index contributed by atoms with van der Waals surface area (Å²) in [6.07, 6.45) is -4.48.